The van der Waals surface area contributed by atoms with Crippen LogP contribution in [-0.4, -0.2) is 22.9 Å². The van der Waals surface area contributed by atoms with Gasteiger partial charge >= 0.3 is 0 Å². The number of carbonyl (C=O) groups excluding carboxylic acids is 1. The van der Waals surface area contributed by atoms with Crippen molar-refractivity contribution in [3.63, 3.8) is 0 Å². The van der Waals surface area contributed by atoms with Gasteiger partial charge in [-0.2, -0.15) is 0 Å². The highest BCUT2D eigenvalue weighted by atomic mass is 79.9. The number of nitrogens with one attached hydrogen (secondary N) is 1. The minimum absolute atomic E-state index is 0.161. The van der Waals surface area contributed by atoms with Gasteiger partial charge in [-0.25, -0.2) is 0 Å². The highest BCUT2D eigenvalue weighted by Gasteiger charge is 2.17. The number of halogens is 2. The van der Waals surface area contributed by atoms with Gasteiger partial charge in [0.15, 0.2) is 16.5 Å². The lowest BCUT2D eigenvalue weighted by atomic mass is 10.2. The number of fused-ring (bicyclic) bond motifs is 1. The number of ether oxygens (including phenoxy) is 3. The normalized spacial score (nSPS) is 12.1. The molecular weight excluding hydrogens is 502 g/mol. The number of hydrogen-bond donors (Lipinski definition) is 1. The second-order valence-electron chi connectivity index (χ2n) is 5.39. The van der Waals surface area contributed by atoms with Crippen LogP contribution >= 0.6 is 43.2 Å². The monoisotopic (exact) mass is 511 g/mol. The molecule has 4 rings (SSSR count). The van der Waals surface area contributed by atoms with Crippen molar-refractivity contribution in [1.29, 1.82) is 0 Å². The highest BCUT2D eigenvalue weighted by molar-refractivity contribution is 9.11. The van der Waals surface area contributed by atoms with Crippen molar-refractivity contribution in [2.75, 3.05) is 12.1 Å². The van der Waals surface area contributed by atoms with Gasteiger partial charge in [0.25, 0.3) is 5.91 Å². The van der Waals surface area contributed by atoms with Crippen molar-refractivity contribution in [1.82, 2.24) is 10.2 Å². The van der Waals surface area contributed by atoms with Crippen LogP contribution in [0, 0.1) is 0 Å². The van der Waals surface area contributed by atoms with E-state index in [0.29, 0.717) is 33.0 Å². The molecule has 138 valence electrons. The summed E-state index contributed by atoms with van der Waals surface area (Å²) in [4.78, 5) is 12.4. The molecule has 7 nitrogen and oxygen atoms in total. The van der Waals surface area contributed by atoms with Crippen LogP contribution in [0.2, 0.25) is 0 Å². The molecule has 0 bridgehead atoms. The van der Waals surface area contributed by atoms with Crippen molar-refractivity contribution in [2.24, 2.45) is 0 Å². The van der Waals surface area contributed by atoms with Gasteiger partial charge in [-0.05, 0) is 52.3 Å². The molecule has 2 heterocycles. The molecule has 0 fully saturated rings. The molecule has 0 saturated heterocycles. The van der Waals surface area contributed by atoms with Gasteiger partial charge in [0, 0.05) is 10.0 Å². The molecule has 0 atom stereocenters. The molecular formula is C17H11Br2N3O4S. The smallest absolute Gasteiger partial charge is 0.257 e. The Hall–Kier alpha value is -2.17. The van der Waals surface area contributed by atoms with Crippen LogP contribution in [0.4, 0.5) is 5.13 Å². The van der Waals surface area contributed by atoms with Gasteiger partial charge in [-0.15, -0.1) is 10.2 Å². The molecule has 0 spiro atoms. The number of benzene rings is 2. The standard InChI is InChI=1S/C17H11Br2N3O4S/c18-10-2-4-12(11(19)6-10)24-7-15-21-22-17(27-15)20-16(23)9-1-3-13-14(5-9)26-8-25-13/h1-6H,7-8H2,(H,20,22,23). The Labute approximate surface area is 174 Å². The van der Waals surface area contributed by atoms with Crippen LogP contribution in [0.1, 0.15) is 15.4 Å². The van der Waals surface area contributed by atoms with Crippen molar-refractivity contribution < 1.29 is 19.0 Å². The van der Waals surface area contributed by atoms with Gasteiger partial charge in [-0.1, -0.05) is 27.3 Å². The second-order valence-corrected chi connectivity index (χ2v) is 8.22. The molecule has 1 aliphatic rings. The quantitative estimate of drug-likeness (QED) is 0.537. The zero-order chi connectivity index (χ0) is 18.8. The maximum atomic E-state index is 12.4. The Morgan fingerprint density at radius 1 is 1.15 bits per heavy atom. The first-order chi connectivity index (χ1) is 13.1. The van der Waals surface area contributed by atoms with Crippen molar-refractivity contribution in [3.8, 4) is 17.2 Å². The summed E-state index contributed by atoms with van der Waals surface area (Å²) in [7, 11) is 0. The molecule has 0 saturated carbocycles. The summed E-state index contributed by atoms with van der Waals surface area (Å²) in [6.07, 6.45) is 0. The number of amides is 1. The van der Waals surface area contributed by atoms with Crippen LogP contribution in [-0.2, 0) is 6.61 Å². The second kappa shape index (κ2) is 7.83. The Kier molecular flexibility index (Phi) is 5.28. The fourth-order valence-electron chi connectivity index (χ4n) is 2.30. The van der Waals surface area contributed by atoms with Crippen molar-refractivity contribution in [2.45, 2.75) is 6.61 Å². The van der Waals surface area contributed by atoms with E-state index in [-0.39, 0.29) is 19.3 Å². The SMILES string of the molecule is O=C(Nc1nnc(COc2ccc(Br)cc2Br)s1)c1ccc2c(c1)OCO2. The summed E-state index contributed by atoms with van der Waals surface area (Å²) in [6.45, 7) is 0.409. The molecule has 1 aliphatic heterocycles. The van der Waals surface area contributed by atoms with Gasteiger partial charge < -0.3 is 14.2 Å². The maximum absolute atomic E-state index is 12.4. The van der Waals surface area contributed by atoms with Gasteiger partial charge in [0.2, 0.25) is 11.9 Å². The molecule has 1 aromatic heterocycles. The molecule has 0 aliphatic carbocycles. The summed E-state index contributed by atoms with van der Waals surface area (Å²) in [5, 5.41) is 11.8. The van der Waals surface area contributed by atoms with Gasteiger partial charge in [0.1, 0.15) is 12.4 Å². The Morgan fingerprint density at radius 2 is 2.00 bits per heavy atom. The van der Waals surface area contributed by atoms with Crippen LogP contribution in [0.5, 0.6) is 17.2 Å². The molecule has 0 radical (unpaired) electrons. The first kappa shape index (κ1) is 18.2. The number of hydrogen-bond acceptors (Lipinski definition) is 7. The molecule has 1 amide bonds. The molecule has 0 unspecified atom stereocenters. The number of nitrogens with zero attached hydrogens (tertiary/aromatic N) is 2. The summed E-state index contributed by atoms with van der Waals surface area (Å²) >= 11 is 8.09. The fraction of sp³-hybridized carbons (Fsp3) is 0.118. The van der Waals surface area contributed by atoms with Crippen LogP contribution in [0.15, 0.2) is 45.3 Å². The third kappa shape index (κ3) is 4.23. The first-order valence-electron chi connectivity index (χ1n) is 7.70. The van der Waals surface area contributed by atoms with E-state index in [2.05, 4.69) is 47.4 Å². The summed E-state index contributed by atoms with van der Waals surface area (Å²) < 4.78 is 18.0. The molecule has 10 heteroatoms. The molecule has 27 heavy (non-hydrogen) atoms. The number of anilines is 1. The van der Waals surface area contributed by atoms with Crippen molar-refractivity contribution >= 4 is 54.2 Å². The van der Waals surface area contributed by atoms with E-state index >= 15 is 0 Å². The molecule has 2 aromatic carbocycles. The number of aromatic nitrogens is 2. The minimum atomic E-state index is -0.299. The van der Waals surface area contributed by atoms with Gasteiger partial charge in [0.05, 0.1) is 4.47 Å². The molecule has 1 N–H and O–H groups in total. The Morgan fingerprint density at radius 3 is 2.85 bits per heavy atom. The van der Waals surface area contributed by atoms with Crippen LogP contribution in [0.25, 0.3) is 0 Å². The largest absolute Gasteiger partial charge is 0.485 e. The maximum Gasteiger partial charge on any atom is 0.257 e. The Balaban J connectivity index is 1.38. The van der Waals surface area contributed by atoms with Crippen LogP contribution < -0.4 is 19.5 Å². The average molecular weight is 513 g/mol. The lowest BCUT2D eigenvalue weighted by Crippen LogP contribution is -2.11. The summed E-state index contributed by atoms with van der Waals surface area (Å²) in [5.74, 6) is 1.57. The lowest BCUT2D eigenvalue weighted by molar-refractivity contribution is 0.102. The Bertz CT molecular complexity index is 1010. The predicted octanol–water partition coefficient (Wildman–Crippen LogP) is 4.62. The number of carbonyl (C=O) groups is 1. The zero-order valence-corrected chi connectivity index (χ0v) is 17.6. The van der Waals surface area contributed by atoms with E-state index in [1.54, 1.807) is 18.2 Å². The van der Waals surface area contributed by atoms with E-state index in [4.69, 9.17) is 14.2 Å². The third-order valence-corrected chi connectivity index (χ3v) is 5.49. The van der Waals surface area contributed by atoms with Gasteiger partial charge in [-0.3, -0.25) is 10.1 Å². The summed E-state index contributed by atoms with van der Waals surface area (Å²) in [6, 6.07) is 10.6. The average Bonchev–Trinajstić information content (AvgIpc) is 3.29. The fourth-order valence-corrected chi connectivity index (χ4v) is 4.11. The van der Waals surface area contributed by atoms with Crippen LogP contribution in [0.3, 0.4) is 0 Å². The van der Waals surface area contributed by atoms with E-state index in [1.165, 1.54) is 11.3 Å². The van der Waals surface area contributed by atoms with E-state index in [1.807, 2.05) is 18.2 Å². The van der Waals surface area contributed by atoms with Crippen molar-refractivity contribution in [3.05, 3.63) is 55.9 Å². The number of rotatable bonds is 5. The minimum Gasteiger partial charge on any atom is -0.485 e. The zero-order valence-electron chi connectivity index (χ0n) is 13.6. The summed E-state index contributed by atoms with van der Waals surface area (Å²) in [5.41, 5.74) is 0.450. The third-order valence-electron chi connectivity index (χ3n) is 3.57. The first-order valence-corrected chi connectivity index (χ1v) is 10.1. The van der Waals surface area contributed by atoms with E-state index in [0.717, 1.165) is 8.95 Å². The lowest BCUT2D eigenvalue weighted by Gasteiger charge is -2.06. The topological polar surface area (TPSA) is 82.6 Å². The molecule has 3 aromatic rings. The van der Waals surface area contributed by atoms with E-state index in [9.17, 15) is 4.79 Å². The highest BCUT2D eigenvalue weighted by Crippen LogP contribution is 2.33. The predicted molar refractivity (Wildman–Crippen MR) is 107 cm³/mol. The van der Waals surface area contributed by atoms with E-state index < -0.39 is 0 Å².